The molecule has 0 aliphatic carbocycles. The van der Waals surface area contributed by atoms with Gasteiger partial charge in [0.1, 0.15) is 0 Å². The Morgan fingerprint density at radius 1 is 1.20 bits per heavy atom. The van der Waals surface area contributed by atoms with E-state index in [1.54, 1.807) is 0 Å². The van der Waals surface area contributed by atoms with Gasteiger partial charge in [-0.05, 0) is 20.3 Å². The maximum Gasteiger partial charge on any atom is 0.165 e. The van der Waals surface area contributed by atoms with Crippen LogP contribution in [0.3, 0.4) is 0 Å². The van der Waals surface area contributed by atoms with Crippen LogP contribution in [0.4, 0.5) is 0 Å². The van der Waals surface area contributed by atoms with Gasteiger partial charge in [-0.3, -0.25) is 0 Å². The Bertz CT molecular complexity index is 201. The van der Waals surface area contributed by atoms with Gasteiger partial charge in [-0.1, -0.05) is 33.6 Å². The highest BCUT2D eigenvalue weighted by Crippen LogP contribution is 2.36. The highest BCUT2D eigenvalue weighted by Gasteiger charge is 2.41. The van der Waals surface area contributed by atoms with Gasteiger partial charge in [-0.15, -0.1) is 0 Å². The van der Waals surface area contributed by atoms with Gasteiger partial charge in [0, 0.05) is 11.8 Å². The molecule has 1 saturated heterocycles. The summed E-state index contributed by atoms with van der Waals surface area (Å²) in [6.45, 7) is 11.6. The molecule has 2 atom stereocenters. The van der Waals surface area contributed by atoms with E-state index in [0.29, 0.717) is 0 Å². The van der Waals surface area contributed by atoms with Crippen LogP contribution in [0.5, 0.6) is 0 Å². The Labute approximate surface area is 94.3 Å². The zero-order valence-electron chi connectivity index (χ0n) is 10.9. The van der Waals surface area contributed by atoms with E-state index in [1.165, 1.54) is 19.3 Å². The summed E-state index contributed by atoms with van der Waals surface area (Å²) in [5.41, 5.74) is 0.143. The fourth-order valence-electron chi connectivity index (χ4n) is 1.85. The fraction of sp³-hybridized carbons (Fsp3) is 1.00. The van der Waals surface area contributed by atoms with Crippen molar-refractivity contribution < 1.29 is 9.47 Å². The molecule has 1 rings (SSSR count). The zero-order valence-corrected chi connectivity index (χ0v) is 10.9. The minimum atomic E-state index is -0.343. The first-order valence-electron chi connectivity index (χ1n) is 6.21. The van der Waals surface area contributed by atoms with E-state index in [0.717, 1.165) is 13.0 Å². The predicted molar refractivity (Wildman–Crippen MR) is 62.8 cm³/mol. The van der Waals surface area contributed by atoms with Crippen LogP contribution in [0.2, 0.25) is 0 Å². The van der Waals surface area contributed by atoms with Crippen molar-refractivity contribution in [1.29, 1.82) is 0 Å². The highest BCUT2D eigenvalue weighted by molar-refractivity contribution is 4.83. The molecular weight excluding hydrogens is 188 g/mol. The van der Waals surface area contributed by atoms with Crippen molar-refractivity contribution in [3.05, 3.63) is 0 Å². The second-order valence-corrected chi connectivity index (χ2v) is 5.63. The SMILES string of the molecule is CCCCC[C@@]1(C)OCC(C)(C)[C@H](C)O1. The summed E-state index contributed by atoms with van der Waals surface area (Å²) in [7, 11) is 0. The molecule has 0 aromatic carbocycles. The number of unbranched alkanes of at least 4 members (excludes halogenated alkanes) is 2. The maximum absolute atomic E-state index is 6.01. The summed E-state index contributed by atoms with van der Waals surface area (Å²) in [5, 5.41) is 0. The van der Waals surface area contributed by atoms with Gasteiger partial charge < -0.3 is 9.47 Å². The Hall–Kier alpha value is -0.0800. The maximum atomic E-state index is 6.01. The van der Waals surface area contributed by atoms with Gasteiger partial charge in [0.25, 0.3) is 0 Å². The second-order valence-electron chi connectivity index (χ2n) is 5.63. The van der Waals surface area contributed by atoms with Crippen LogP contribution in [0, 0.1) is 5.41 Å². The first-order valence-corrected chi connectivity index (χ1v) is 6.21. The van der Waals surface area contributed by atoms with Gasteiger partial charge in [0.15, 0.2) is 5.79 Å². The summed E-state index contributed by atoms with van der Waals surface area (Å²) in [6, 6.07) is 0. The normalized spacial score (nSPS) is 35.4. The summed E-state index contributed by atoms with van der Waals surface area (Å²) in [6.07, 6.45) is 5.00. The molecule has 0 bridgehead atoms. The minimum Gasteiger partial charge on any atom is -0.350 e. The molecule has 1 heterocycles. The third-order valence-corrected chi connectivity index (χ3v) is 3.51. The third-order valence-electron chi connectivity index (χ3n) is 3.51. The number of hydrogen-bond acceptors (Lipinski definition) is 2. The van der Waals surface area contributed by atoms with Crippen molar-refractivity contribution in [2.24, 2.45) is 5.41 Å². The Morgan fingerprint density at radius 3 is 2.40 bits per heavy atom. The molecule has 0 unspecified atom stereocenters. The van der Waals surface area contributed by atoms with Crippen LogP contribution in [-0.2, 0) is 9.47 Å². The van der Waals surface area contributed by atoms with E-state index in [-0.39, 0.29) is 17.3 Å². The second kappa shape index (κ2) is 4.84. The van der Waals surface area contributed by atoms with Crippen molar-refractivity contribution in [2.75, 3.05) is 6.61 Å². The minimum absolute atomic E-state index is 0.143. The van der Waals surface area contributed by atoms with Crippen LogP contribution in [0.1, 0.15) is 60.3 Å². The van der Waals surface area contributed by atoms with Crippen molar-refractivity contribution in [1.82, 2.24) is 0 Å². The van der Waals surface area contributed by atoms with Crippen molar-refractivity contribution in [3.8, 4) is 0 Å². The number of rotatable bonds is 4. The molecule has 1 aliphatic heterocycles. The average molecular weight is 214 g/mol. The molecule has 0 radical (unpaired) electrons. The van der Waals surface area contributed by atoms with Crippen LogP contribution >= 0.6 is 0 Å². The molecule has 0 aromatic heterocycles. The zero-order chi connectivity index (χ0) is 11.5. The Balaban J connectivity index is 2.44. The van der Waals surface area contributed by atoms with Crippen LogP contribution in [0.15, 0.2) is 0 Å². The highest BCUT2D eigenvalue weighted by atomic mass is 16.7. The van der Waals surface area contributed by atoms with Crippen LogP contribution in [0.25, 0.3) is 0 Å². The Morgan fingerprint density at radius 2 is 1.87 bits per heavy atom. The predicted octanol–water partition coefficient (Wildman–Crippen LogP) is 3.74. The van der Waals surface area contributed by atoms with Gasteiger partial charge in [0.2, 0.25) is 0 Å². The average Bonchev–Trinajstić information content (AvgIpc) is 2.14. The molecule has 0 aromatic rings. The number of hydrogen-bond donors (Lipinski definition) is 0. The van der Waals surface area contributed by atoms with Crippen molar-refractivity contribution in [2.45, 2.75) is 72.2 Å². The fourth-order valence-corrected chi connectivity index (χ4v) is 1.85. The van der Waals surface area contributed by atoms with Gasteiger partial charge >= 0.3 is 0 Å². The van der Waals surface area contributed by atoms with Crippen LogP contribution in [-0.4, -0.2) is 18.5 Å². The van der Waals surface area contributed by atoms with E-state index in [4.69, 9.17) is 9.47 Å². The molecular formula is C13H26O2. The van der Waals surface area contributed by atoms with Crippen LogP contribution < -0.4 is 0 Å². The lowest BCUT2D eigenvalue weighted by atomic mass is 9.86. The molecule has 1 aliphatic rings. The van der Waals surface area contributed by atoms with E-state index >= 15 is 0 Å². The van der Waals surface area contributed by atoms with Crippen molar-refractivity contribution >= 4 is 0 Å². The first-order chi connectivity index (χ1) is 6.90. The van der Waals surface area contributed by atoms with Gasteiger partial charge in [-0.25, -0.2) is 0 Å². The van der Waals surface area contributed by atoms with E-state index in [2.05, 4.69) is 34.6 Å². The Kier molecular flexibility index (Phi) is 4.19. The molecule has 1 fully saturated rings. The van der Waals surface area contributed by atoms with Crippen molar-refractivity contribution in [3.63, 3.8) is 0 Å². The topological polar surface area (TPSA) is 18.5 Å². The summed E-state index contributed by atoms with van der Waals surface area (Å²) in [4.78, 5) is 0. The van der Waals surface area contributed by atoms with E-state index in [9.17, 15) is 0 Å². The smallest absolute Gasteiger partial charge is 0.165 e. The summed E-state index contributed by atoms with van der Waals surface area (Å²) in [5.74, 6) is -0.343. The molecule has 2 heteroatoms. The molecule has 90 valence electrons. The van der Waals surface area contributed by atoms with Gasteiger partial charge in [0.05, 0.1) is 12.7 Å². The molecule has 0 saturated carbocycles. The van der Waals surface area contributed by atoms with E-state index < -0.39 is 0 Å². The van der Waals surface area contributed by atoms with Gasteiger partial charge in [-0.2, -0.15) is 0 Å². The quantitative estimate of drug-likeness (QED) is 0.664. The molecule has 0 amide bonds. The first kappa shape index (κ1) is 13.0. The molecule has 2 nitrogen and oxygen atoms in total. The van der Waals surface area contributed by atoms with E-state index in [1.807, 2.05) is 0 Å². The standard InChI is InChI=1S/C13H26O2/c1-6-7-8-9-13(5)14-10-12(3,4)11(2)15-13/h11H,6-10H2,1-5H3/t11-,13-/m0/s1. The number of ether oxygens (including phenoxy) is 2. The molecule has 0 N–H and O–H groups in total. The molecule has 0 spiro atoms. The molecule has 15 heavy (non-hydrogen) atoms. The lowest BCUT2D eigenvalue weighted by molar-refractivity contribution is -0.319. The lowest BCUT2D eigenvalue weighted by Gasteiger charge is -2.46. The lowest BCUT2D eigenvalue weighted by Crippen LogP contribution is -2.50. The summed E-state index contributed by atoms with van der Waals surface area (Å²) < 4.78 is 11.9. The summed E-state index contributed by atoms with van der Waals surface area (Å²) >= 11 is 0. The third kappa shape index (κ3) is 3.46. The largest absolute Gasteiger partial charge is 0.350 e. The monoisotopic (exact) mass is 214 g/mol.